The largest absolute Gasteiger partial charge is 0.508 e. The summed E-state index contributed by atoms with van der Waals surface area (Å²) in [5.41, 5.74) is 3.69. The molecule has 0 aliphatic rings. The minimum atomic E-state index is -0.902. The van der Waals surface area contributed by atoms with Crippen molar-refractivity contribution >= 4 is 12.0 Å². The lowest BCUT2D eigenvalue weighted by molar-refractivity contribution is -0.132. The normalized spacial score (nSPS) is 10.6. The molecule has 0 atom stereocenters. The van der Waals surface area contributed by atoms with E-state index in [1.807, 2.05) is 12.1 Å². The van der Waals surface area contributed by atoms with Crippen LogP contribution in [0.1, 0.15) is 18.9 Å². The molecule has 2 N–H and O–H groups in total. The Balaban J connectivity index is 0.000000189. The maximum Gasteiger partial charge on any atom is 0.331 e. The fraction of sp³-hybridized carbons (Fsp3) is 0.0870. The molecule has 0 saturated carbocycles. The molecule has 0 saturated heterocycles. The first kappa shape index (κ1) is 19.0. The molecule has 0 bridgehead atoms. The second kappa shape index (κ2) is 9.84. The van der Waals surface area contributed by atoms with E-state index in [4.69, 9.17) is 10.2 Å². The summed E-state index contributed by atoms with van der Waals surface area (Å²) in [5.74, 6) is -0.726. The lowest BCUT2D eigenvalue weighted by Gasteiger charge is -1.98. The van der Waals surface area contributed by atoms with E-state index in [2.05, 4.69) is 48.5 Å². The van der Waals surface area contributed by atoms with E-state index in [9.17, 15) is 4.79 Å². The summed E-state index contributed by atoms with van der Waals surface area (Å²) in [5, 5.41) is 17.8. The van der Waals surface area contributed by atoms with Crippen molar-refractivity contribution in [3.8, 4) is 16.9 Å². The number of carboxylic acid groups (broad SMARTS) is 1. The Bertz CT molecular complexity index is 798. The van der Waals surface area contributed by atoms with Gasteiger partial charge in [0.1, 0.15) is 5.75 Å². The van der Waals surface area contributed by atoms with Gasteiger partial charge in [-0.25, -0.2) is 4.79 Å². The Morgan fingerprint density at radius 3 is 1.65 bits per heavy atom. The van der Waals surface area contributed by atoms with Crippen molar-refractivity contribution in [1.82, 2.24) is 0 Å². The van der Waals surface area contributed by atoms with Crippen LogP contribution >= 0.6 is 0 Å². The fourth-order valence-corrected chi connectivity index (χ4v) is 2.35. The monoisotopic (exact) mass is 346 g/mol. The fourth-order valence-electron chi connectivity index (χ4n) is 2.35. The molecule has 3 aromatic carbocycles. The van der Waals surface area contributed by atoms with Gasteiger partial charge in [0.2, 0.25) is 0 Å². The molecule has 0 aromatic heterocycles. The third-order valence-electron chi connectivity index (χ3n) is 3.77. The molecular weight excluding hydrogens is 324 g/mol. The second-order valence-electron chi connectivity index (χ2n) is 5.65. The van der Waals surface area contributed by atoms with Gasteiger partial charge in [-0.3, -0.25) is 0 Å². The van der Waals surface area contributed by atoms with Crippen LogP contribution in [0, 0.1) is 0 Å². The topological polar surface area (TPSA) is 57.5 Å². The van der Waals surface area contributed by atoms with Crippen LogP contribution in [0.2, 0.25) is 0 Å². The van der Waals surface area contributed by atoms with E-state index in [-0.39, 0.29) is 5.75 Å². The summed E-state index contributed by atoms with van der Waals surface area (Å²) in [7, 11) is 0. The smallest absolute Gasteiger partial charge is 0.331 e. The number of benzene rings is 3. The Kier molecular flexibility index (Phi) is 7.19. The first-order valence-corrected chi connectivity index (χ1v) is 8.43. The van der Waals surface area contributed by atoms with E-state index < -0.39 is 5.97 Å². The molecule has 0 aliphatic heterocycles. The highest BCUT2D eigenvalue weighted by Gasteiger charge is 2.03. The summed E-state index contributed by atoms with van der Waals surface area (Å²) in [6.45, 7) is 1.79. The molecule has 3 heteroatoms. The predicted molar refractivity (Wildman–Crippen MR) is 106 cm³/mol. The molecule has 26 heavy (non-hydrogen) atoms. The lowest BCUT2D eigenvalue weighted by Crippen LogP contribution is -1.98. The maximum atomic E-state index is 10.7. The van der Waals surface area contributed by atoms with Crippen LogP contribution in [0.25, 0.3) is 17.2 Å². The molecule has 3 nitrogen and oxygen atoms in total. The van der Waals surface area contributed by atoms with Crippen molar-refractivity contribution < 1.29 is 15.0 Å². The Hall–Kier alpha value is -3.33. The quantitative estimate of drug-likeness (QED) is 0.602. The van der Waals surface area contributed by atoms with Gasteiger partial charge in [-0.1, -0.05) is 79.7 Å². The standard InChI is InChI=1S/C12H10.C11H12O3/c1-3-7-11(8-4-1)12-9-5-2-6-10-12;1-2-9(11(13)14)7-8-3-5-10(12)6-4-8/h1-10H;3-7,12H,2H2,1H3,(H,13,14). The zero-order valence-corrected chi connectivity index (χ0v) is 14.7. The van der Waals surface area contributed by atoms with E-state index >= 15 is 0 Å². The molecule has 0 unspecified atom stereocenters. The number of aliphatic carboxylic acids is 1. The van der Waals surface area contributed by atoms with Gasteiger partial charge in [-0.05, 0) is 41.3 Å². The summed E-state index contributed by atoms with van der Waals surface area (Å²) in [6, 6.07) is 27.2. The number of carboxylic acids is 1. The molecule has 0 heterocycles. The zero-order valence-electron chi connectivity index (χ0n) is 14.7. The first-order valence-electron chi connectivity index (χ1n) is 8.43. The average Bonchev–Trinajstić information content (AvgIpc) is 2.69. The Morgan fingerprint density at radius 2 is 1.27 bits per heavy atom. The number of carbonyl (C=O) groups is 1. The third-order valence-corrected chi connectivity index (χ3v) is 3.77. The van der Waals surface area contributed by atoms with E-state index in [1.54, 1.807) is 25.1 Å². The number of hydrogen-bond acceptors (Lipinski definition) is 2. The van der Waals surface area contributed by atoms with Crippen LogP contribution < -0.4 is 0 Å². The number of phenolic OH excluding ortho intramolecular Hbond substituents is 1. The van der Waals surface area contributed by atoms with Crippen LogP contribution in [-0.2, 0) is 4.79 Å². The van der Waals surface area contributed by atoms with E-state index in [0.29, 0.717) is 12.0 Å². The highest BCUT2D eigenvalue weighted by atomic mass is 16.4. The molecule has 0 aliphatic carbocycles. The number of aromatic hydroxyl groups is 1. The maximum absolute atomic E-state index is 10.7. The summed E-state index contributed by atoms with van der Waals surface area (Å²) in [6.07, 6.45) is 2.08. The number of hydrogen-bond donors (Lipinski definition) is 2. The third kappa shape index (κ3) is 5.95. The van der Waals surface area contributed by atoms with Crippen LogP contribution in [0.3, 0.4) is 0 Å². The highest BCUT2D eigenvalue weighted by Crippen LogP contribution is 2.17. The van der Waals surface area contributed by atoms with Crippen LogP contribution in [0.5, 0.6) is 5.75 Å². The van der Waals surface area contributed by atoms with Crippen LogP contribution in [0.15, 0.2) is 90.5 Å². The van der Waals surface area contributed by atoms with Crippen molar-refractivity contribution in [3.63, 3.8) is 0 Å². The Morgan fingerprint density at radius 1 is 0.808 bits per heavy atom. The van der Waals surface area contributed by atoms with E-state index in [0.717, 1.165) is 5.56 Å². The number of phenols is 1. The van der Waals surface area contributed by atoms with Gasteiger partial charge in [-0.15, -0.1) is 0 Å². The summed E-state index contributed by atoms with van der Waals surface area (Å²) >= 11 is 0. The molecule has 132 valence electrons. The summed E-state index contributed by atoms with van der Waals surface area (Å²) in [4.78, 5) is 10.7. The predicted octanol–water partition coefficient (Wildman–Crippen LogP) is 5.62. The molecule has 0 spiro atoms. The van der Waals surface area contributed by atoms with E-state index in [1.165, 1.54) is 23.3 Å². The highest BCUT2D eigenvalue weighted by molar-refractivity contribution is 5.92. The Labute approximate surface area is 153 Å². The first-order chi connectivity index (χ1) is 12.6. The van der Waals surface area contributed by atoms with Crippen molar-refractivity contribution in [1.29, 1.82) is 0 Å². The van der Waals surface area contributed by atoms with Gasteiger partial charge in [0.05, 0.1) is 0 Å². The SMILES string of the molecule is CCC(=Cc1ccc(O)cc1)C(=O)O.c1ccc(-c2ccccc2)cc1. The van der Waals surface area contributed by atoms with Gasteiger partial charge in [-0.2, -0.15) is 0 Å². The lowest BCUT2D eigenvalue weighted by atomic mass is 10.1. The van der Waals surface area contributed by atoms with Crippen molar-refractivity contribution in [2.75, 3.05) is 0 Å². The molecule has 0 fully saturated rings. The van der Waals surface area contributed by atoms with Gasteiger partial charge >= 0.3 is 5.97 Å². The van der Waals surface area contributed by atoms with Crippen molar-refractivity contribution in [2.45, 2.75) is 13.3 Å². The van der Waals surface area contributed by atoms with Crippen molar-refractivity contribution in [3.05, 3.63) is 96.1 Å². The minimum Gasteiger partial charge on any atom is -0.508 e. The molecule has 0 amide bonds. The van der Waals surface area contributed by atoms with Crippen LogP contribution in [-0.4, -0.2) is 16.2 Å². The van der Waals surface area contributed by atoms with Gasteiger partial charge in [0, 0.05) is 5.57 Å². The zero-order chi connectivity index (χ0) is 18.8. The number of rotatable bonds is 4. The van der Waals surface area contributed by atoms with Gasteiger partial charge in [0.15, 0.2) is 0 Å². The van der Waals surface area contributed by atoms with Crippen LogP contribution in [0.4, 0.5) is 0 Å². The molecule has 3 rings (SSSR count). The molecule has 0 radical (unpaired) electrons. The summed E-state index contributed by atoms with van der Waals surface area (Å²) < 4.78 is 0. The average molecular weight is 346 g/mol. The molecular formula is C23H22O3. The van der Waals surface area contributed by atoms with Gasteiger partial charge in [0.25, 0.3) is 0 Å². The molecule has 3 aromatic rings. The second-order valence-corrected chi connectivity index (χ2v) is 5.65. The van der Waals surface area contributed by atoms with Crippen molar-refractivity contribution in [2.24, 2.45) is 0 Å². The minimum absolute atomic E-state index is 0.176. The van der Waals surface area contributed by atoms with Gasteiger partial charge < -0.3 is 10.2 Å².